The number of pyridine rings is 1. The maximum atomic E-state index is 4.39. The fourth-order valence-corrected chi connectivity index (χ4v) is 4.61. The molecule has 0 saturated carbocycles. The van der Waals surface area contributed by atoms with Crippen LogP contribution in [-0.4, -0.2) is 27.5 Å². The molecule has 1 aliphatic heterocycles. The first-order chi connectivity index (χ1) is 13.1. The quantitative estimate of drug-likeness (QED) is 0.621. The first-order valence-corrected chi connectivity index (χ1v) is 10.4. The molecule has 3 heterocycles. The van der Waals surface area contributed by atoms with Gasteiger partial charge in [0.1, 0.15) is 0 Å². The van der Waals surface area contributed by atoms with E-state index >= 15 is 0 Å². The molecule has 0 bridgehead atoms. The Morgan fingerprint density at radius 1 is 1.11 bits per heavy atom. The van der Waals surface area contributed by atoms with Gasteiger partial charge in [-0.15, -0.1) is 0 Å². The van der Waals surface area contributed by atoms with Crippen LogP contribution in [0.15, 0.2) is 36.5 Å². The summed E-state index contributed by atoms with van der Waals surface area (Å²) in [5.74, 6) is 0.525. The maximum Gasteiger partial charge on any atom is 0.0486 e. The summed E-state index contributed by atoms with van der Waals surface area (Å²) in [6, 6.07) is 11.4. The average Bonchev–Trinajstić information content (AvgIpc) is 2.98. The van der Waals surface area contributed by atoms with Gasteiger partial charge in [-0.3, -0.25) is 9.88 Å². The van der Waals surface area contributed by atoms with E-state index in [0.29, 0.717) is 5.92 Å². The summed E-state index contributed by atoms with van der Waals surface area (Å²) >= 11 is 0. The number of aryl methyl sites for hydroxylation is 2. The fraction of sp³-hybridized carbons (Fsp3) is 0.458. The Balaban J connectivity index is 1.79. The number of nitrogens with zero attached hydrogens (tertiary/aromatic N) is 3. The van der Waals surface area contributed by atoms with E-state index in [1.54, 1.807) is 11.3 Å². The third kappa shape index (κ3) is 3.41. The van der Waals surface area contributed by atoms with E-state index in [1.165, 1.54) is 28.6 Å². The zero-order chi connectivity index (χ0) is 19.0. The van der Waals surface area contributed by atoms with Crippen molar-refractivity contribution in [1.29, 1.82) is 0 Å². The second-order valence-electron chi connectivity index (χ2n) is 8.01. The van der Waals surface area contributed by atoms with Crippen LogP contribution in [0.25, 0.3) is 10.9 Å². The molecule has 0 fully saturated rings. The summed E-state index contributed by atoms with van der Waals surface area (Å²) in [4.78, 5) is 6.96. The van der Waals surface area contributed by atoms with Crippen molar-refractivity contribution >= 4 is 10.9 Å². The van der Waals surface area contributed by atoms with Gasteiger partial charge in [-0.05, 0) is 62.2 Å². The van der Waals surface area contributed by atoms with E-state index in [1.807, 2.05) is 6.20 Å². The molecule has 0 saturated heterocycles. The summed E-state index contributed by atoms with van der Waals surface area (Å²) in [5.41, 5.74) is 8.41. The summed E-state index contributed by atoms with van der Waals surface area (Å²) in [6.07, 6.45) is 4.26. The van der Waals surface area contributed by atoms with Gasteiger partial charge >= 0.3 is 0 Å². The zero-order valence-electron chi connectivity index (χ0n) is 17.1. The van der Waals surface area contributed by atoms with E-state index < -0.39 is 0 Å². The fourth-order valence-electron chi connectivity index (χ4n) is 4.61. The van der Waals surface area contributed by atoms with Crippen LogP contribution in [0.3, 0.4) is 0 Å². The molecule has 0 spiro atoms. The van der Waals surface area contributed by atoms with Gasteiger partial charge in [0.05, 0.1) is 0 Å². The summed E-state index contributed by atoms with van der Waals surface area (Å²) in [5, 5.41) is 1.46. The molecule has 1 aromatic carbocycles. The van der Waals surface area contributed by atoms with Crippen molar-refractivity contribution in [2.75, 3.05) is 13.1 Å². The monoisotopic (exact) mass is 361 g/mol. The lowest BCUT2D eigenvalue weighted by molar-refractivity contribution is 0.265. The van der Waals surface area contributed by atoms with Gasteiger partial charge in [-0.1, -0.05) is 25.5 Å². The minimum Gasteiger partial charge on any atom is -0.344 e. The molecule has 0 amide bonds. The SMILES string of the molecule is CCC(Cn1c2c(c3cc(C)ccc31)CN(CC)CC2)c1ccnc(C)c1. The van der Waals surface area contributed by atoms with Gasteiger partial charge < -0.3 is 4.57 Å². The number of hydrogen-bond acceptors (Lipinski definition) is 2. The molecule has 4 rings (SSSR count). The Morgan fingerprint density at radius 2 is 1.96 bits per heavy atom. The maximum absolute atomic E-state index is 4.39. The van der Waals surface area contributed by atoms with Crippen LogP contribution in [0.2, 0.25) is 0 Å². The topological polar surface area (TPSA) is 21.1 Å². The van der Waals surface area contributed by atoms with E-state index in [2.05, 4.69) is 72.5 Å². The first-order valence-electron chi connectivity index (χ1n) is 10.4. The van der Waals surface area contributed by atoms with Crippen LogP contribution in [0.4, 0.5) is 0 Å². The molecule has 0 N–H and O–H groups in total. The van der Waals surface area contributed by atoms with Crippen molar-refractivity contribution in [1.82, 2.24) is 14.5 Å². The van der Waals surface area contributed by atoms with Crippen LogP contribution < -0.4 is 0 Å². The molecule has 2 aromatic heterocycles. The highest BCUT2D eigenvalue weighted by Crippen LogP contribution is 2.34. The largest absolute Gasteiger partial charge is 0.344 e. The van der Waals surface area contributed by atoms with Crippen molar-refractivity contribution in [2.24, 2.45) is 0 Å². The van der Waals surface area contributed by atoms with Crippen molar-refractivity contribution in [3.63, 3.8) is 0 Å². The van der Waals surface area contributed by atoms with Crippen molar-refractivity contribution in [2.45, 2.75) is 59.5 Å². The van der Waals surface area contributed by atoms with Crippen molar-refractivity contribution in [3.05, 3.63) is 64.6 Å². The van der Waals surface area contributed by atoms with E-state index in [-0.39, 0.29) is 0 Å². The summed E-state index contributed by atoms with van der Waals surface area (Å²) in [7, 11) is 0. The minimum absolute atomic E-state index is 0.525. The molecule has 142 valence electrons. The van der Waals surface area contributed by atoms with Gasteiger partial charge in [0.2, 0.25) is 0 Å². The molecule has 1 aliphatic rings. The standard InChI is InChI=1S/C24H31N3/c1-5-19(20-9-11-25-18(4)14-20)15-27-23-8-7-17(3)13-21(23)22-16-26(6-2)12-10-24(22)27/h7-9,11,13-14,19H,5-6,10,12,15-16H2,1-4H3. The van der Waals surface area contributed by atoms with Crippen LogP contribution >= 0.6 is 0 Å². The normalized spacial score (nSPS) is 15.9. The average molecular weight is 362 g/mol. The van der Waals surface area contributed by atoms with Crippen LogP contribution in [0, 0.1) is 13.8 Å². The van der Waals surface area contributed by atoms with Gasteiger partial charge in [-0.2, -0.15) is 0 Å². The number of aromatic nitrogens is 2. The lowest BCUT2D eigenvalue weighted by atomic mass is 9.96. The molecule has 3 nitrogen and oxygen atoms in total. The third-order valence-electron chi connectivity index (χ3n) is 6.22. The van der Waals surface area contributed by atoms with Crippen LogP contribution in [0.5, 0.6) is 0 Å². The van der Waals surface area contributed by atoms with Crippen LogP contribution in [-0.2, 0) is 19.5 Å². The molecular formula is C24H31N3. The number of rotatable bonds is 5. The number of hydrogen-bond donors (Lipinski definition) is 0. The molecule has 1 atom stereocenters. The molecule has 0 aliphatic carbocycles. The Labute approximate surface area is 163 Å². The molecule has 3 aromatic rings. The van der Waals surface area contributed by atoms with Gasteiger partial charge in [0.15, 0.2) is 0 Å². The zero-order valence-corrected chi connectivity index (χ0v) is 17.1. The predicted octanol–water partition coefficient (Wildman–Crippen LogP) is 5.22. The second kappa shape index (κ2) is 7.47. The van der Waals surface area contributed by atoms with E-state index in [9.17, 15) is 0 Å². The Hall–Kier alpha value is -2.13. The highest BCUT2D eigenvalue weighted by Gasteiger charge is 2.24. The highest BCUT2D eigenvalue weighted by molar-refractivity contribution is 5.86. The number of benzene rings is 1. The van der Waals surface area contributed by atoms with Gasteiger partial charge in [-0.25, -0.2) is 0 Å². The number of fused-ring (bicyclic) bond motifs is 3. The van der Waals surface area contributed by atoms with Crippen molar-refractivity contribution in [3.8, 4) is 0 Å². The van der Waals surface area contributed by atoms with Gasteiger partial charge in [0.25, 0.3) is 0 Å². The molecule has 3 heteroatoms. The molecule has 27 heavy (non-hydrogen) atoms. The van der Waals surface area contributed by atoms with Crippen molar-refractivity contribution < 1.29 is 0 Å². The smallest absolute Gasteiger partial charge is 0.0486 e. The van der Waals surface area contributed by atoms with Crippen LogP contribution in [0.1, 0.15) is 54.3 Å². The predicted molar refractivity (Wildman–Crippen MR) is 113 cm³/mol. The Bertz CT molecular complexity index is 954. The first kappa shape index (κ1) is 18.2. The number of likely N-dealkylation sites (N-methyl/N-ethyl adjacent to an activating group) is 1. The van der Waals surface area contributed by atoms with Gasteiger partial charge in [0, 0.05) is 60.5 Å². The lowest BCUT2D eigenvalue weighted by Crippen LogP contribution is -2.31. The lowest BCUT2D eigenvalue weighted by Gasteiger charge is -2.28. The molecule has 0 radical (unpaired) electrons. The Morgan fingerprint density at radius 3 is 2.70 bits per heavy atom. The second-order valence-corrected chi connectivity index (χ2v) is 8.01. The van der Waals surface area contributed by atoms with E-state index in [0.717, 1.165) is 38.2 Å². The molecular weight excluding hydrogens is 330 g/mol. The third-order valence-corrected chi connectivity index (χ3v) is 6.22. The molecule has 1 unspecified atom stereocenters. The highest BCUT2D eigenvalue weighted by atomic mass is 15.1. The minimum atomic E-state index is 0.525. The van der Waals surface area contributed by atoms with E-state index in [4.69, 9.17) is 0 Å². The Kier molecular flexibility index (Phi) is 5.05. The summed E-state index contributed by atoms with van der Waals surface area (Å²) < 4.78 is 2.63. The summed E-state index contributed by atoms with van der Waals surface area (Å²) in [6.45, 7) is 13.3.